The lowest BCUT2D eigenvalue weighted by Crippen LogP contribution is -2.38. The van der Waals surface area contributed by atoms with Crippen molar-refractivity contribution in [2.45, 2.75) is 247 Å². The molecule has 670 valence electrons. The van der Waals surface area contributed by atoms with Crippen LogP contribution >= 0.6 is 0 Å². The normalized spacial score (nSPS) is 19.4. The first-order valence-electron chi connectivity index (χ1n) is 39.9. The molecule has 0 amide bonds. The second-order valence-electron chi connectivity index (χ2n) is 37.0. The third-order valence-electron chi connectivity index (χ3n) is 17.7. The van der Waals surface area contributed by atoms with Gasteiger partial charge in [-0.1, -0.05) is 89.3 Å². The fourth-order valence-electron chi connectivity index (χ4n) is 11.3. The molecule has 3 aliphatic rings. The topological polar surface area (TPSA) is 334 Å². The van der Waals surface area contributed by atoms with Gasteiger partial charge in [0.05, 0.1) is 63.5 Å². The van der Waals surface area contributed by atoms with Crippen LogP contribution in [-0.2, 0) is 90.2 Å². The Kier molecular flexibility index (Phi) is 39.7. The van der Waals surface area contributed by atoms with Gasteiger partial charge in [0, 0.05) is 63.8 Å². The number of hydrogen-bond donors (Lipinski definition) is 1. The molecule has 29 nitrogen and oxygen atoms in total. The van der Waals surface area contributed by atoms with Gasteiger partial charge in [-0.25, -0.2) is 14.4 Å². The van der Waals surface area contributed by atoms with E-state index in [0.717, 1.165) is 18.1 Å². The Labute approximate surface area is 707 Å². The first kappa shape index (κ1) is 104. The number of carbonyl (C=O) groups excluding carboxylic acids is 7. The van der Waals surface area contributed by atoms with Crippen molar-refractivity contribution in [3.63, 3.8) is 0 Å². The maximum atomic E-state index is 13.3. The van der Waals surface area contributed by atoms with Crippen LogP contribution in [0, 0.1) is 16.2 Å². The predicted molar refractivity (Wildman–Crippen MR) is 457 cm³/mol. The molecule has 3 aromatic carbocycles. The van der Waals surface area contributed by atoms with Gasteiger partial charge in [-0.15, -0.1) is 0 Å². The first-order valence-corrected chi connectivity index (χ1v) is 51.0. The molecule has 32 heteroatoms. The summed E-state index contributed by atoms with van der Waals surface area (Å²) in [4.78, 5) is 89.9. The lowest BCUT2D eigenvalue weighted by Gasteiger charge is -2.22. The summed E-state index contributed by atoms with van der Waals surface area (Å²) in [5, 5.41) is 11.1. The molecule has 1 N–H and O–H groups in total. The Hall–Kier alpha value is -7.58. The summed E-state index contributed by atoms with van der Waals surface area (Å²) in [6, 6.07) is 12.2. The van der Waals surface area contributed by atoms with Crippen molar-refractivity contribution in [2.75, 3.05) is 103 Å². The van der Waals surface area contributed by atoms with Gasteiger partial charge in [0.15, 0.2) is 49.6 Å². The third kappa shape index (κ3) is 35.8. The quantitative estimate of drug-likeness (QED) is 0.0182. The van der Waals surface area contributed by atoms with Crippen LogP contribution in [0.25, 0.3) is 18.2 Å². The van der Waals surface area contributed by atoms with Crippen molar-refractivity contribution >= 4 is 84.0 Å². The second-order valence-corrected chi connectivity index (χ2v) is 53.8. The molecule has 3 aliphatic heterocycles. The van der Waals surface area contributed by atoms with Crippen LogP contribution in [0.5, 0.6) is 34.5 Å². The maximum absolute atomic E-state index is 13.3. The smallest absolute Gasteiger partial charge is 0.342 e. The average molecular weight is 1730 g/mol. The van der Waals surface area contributed by atoms with Gasteiger partial charge in [-0.3, -0.25) is 19.2 Å². The van der Waals surface area contributed by atoms with E-state index < -0.39 is 124 Å². The summed E-state index contributed by atoms with van der Waals surface area (Å²) in [5.41, 5.74) is -0.0527. The Morgan fingerprint density at radius 2 is 0.739 bits per heavy atom. The predicted octanol–water partition coefficient (Wildman–Crippen LogP) is 15.2. The Balaban J connectivity index is 0.000000375. The van der Waals surface area contributed by atoms with Gasteiger partial charge < -0.3 is 105 Å². The summed E-state index contributed by atoms with van der Waals surface area (Å²) in [5.74, 6) is -3.95. The minimum atomic E-state index is -1.44. The van der Waals surface area contributed by atoms with Gasteiger partial charge in [-0.2, -0.15) is 0 Å². The Morgan fingerprint density at radius 3 is 1.10 bits per heavy atom. The van der Waals surface area contributed by atoms with Crippen LogP contribution < -0.4 is 28.4 Å². The Morgan fingerprint density at radius 1 is 0.420 bits per heavy atom. The number of rotatable bonds is 39. The number of aliphatic hydroxyl groups excluding tert-OH is 1. The molecule has 119 heavy (non-hydrogen) atoms. The average Bonchev–Trinajstić information content (AvgIpc) is 1.81. The first-order chi connectivity index (χ1) is 55.0. The summed E-state index contributed by atoms with van der Waals surface area (Å²) in [6.07, 6.45) is 4.66. The SMILES string of the molecule is COCOc1cc(OC)cc(/C=C/C(=O)[C@@H]2OC(C)(C)O[C@@H]2COC(=O)C(C)(C)C)c1C(=O)OCC[Si](C)(C)C.COCOc1cc(OC)cc(/C=C/C(O)[C@@H]2OC(C)(C)O[C@@H]2COC(=O)C(C)(C)C)c1C(=O)OCC[Si](C)(C)C.COCOc1cc(OC)cc(/C=C/C[C@@H]2OC(C)(C)O[C@@H]2COC(=O)C(C)(C)C)c1C(=O)OCC[Si](C)(C)C. The standard InChI is InChI=1S/C29H46O10Si.C29H44O10Si.C29H46O9Si/c2*1-28(2,3)27(32)36-17-23-25(39-29(4,5)38-23)21(30)12-11-19-15-20(34-7)16-22(37-18-33-6)24(19)26(31)35-13-14-40(8,9)10;1-28(2,3)27(31)35-18-24-22(37-29(4,5)38-24)13-11-12-20-16-21(33-7)17-23(36-19-32-6)25(20)26(30)34-14-15-39(8,9)10/h11-12,15-16,21,23,25,30H,13-14,17-18H2,1-10H3;11-12,15-16,23,25H,13-14,17-18H2,1-10H3;11-12,16-17,22,24H,13-15,18-19H2,1-10H3/b3*12-11+/t21?,23-,25+;23-,25+;22-,24+/m110/s1. The van der Waals surface area contributed by atoms with E-state index in [9.17, 15) is 38.7 Å². The number of esters is 6. The van der Waals surface area contributed by atoms with E-state index in [0.29, 0.717) is 58.3 Å². The number of ether oxygens (including phenoxy) is 21. The molecule has 3 aromatic rings. The summed E-state index contributed by atoms with van der Waals surface area (Å²) >= 11 is 0. The number of ketones is 1. The lowest BCUT2D eigenvalue weighted by molar-refractivity contribution is -0.166. The van der Waals surface area contributed by atoms with Gasteiger partial charge in [0.25, 0.3) is 0 Å². The molecule has 0 aliphatic carbocycles. The zero-order valence-corrected chi connectivity index (χ0v) is 79.0. The number of benzene rings is 3. The highest BCUT2D eigenvalue weighted by Gasteiger charge is 2.48. The van der Waals surface area contributed by atoms with Crippen LogP contribution in [0.3, 0.4) is 0 Å². The Bertz CT molecular complexity index is 3920. The molecule has 1 unspecified atom stereocenters. The monoisotopic (exact) mass is 1730 g/mol. The van der Waals surface area contributed by atoms with E-state index in [1.54, 1.807) is 140 Å². The van der Waals surface area contributed by atoms with Crippen molar-refractivity contribution in [3.05, 3.63) is 88.0 Å². The highest BCUT2D eigenvalue weighted by Crippen LogP contribution is 2.39. The number of carbonyl (C=O) groups is 7. The zero-order chi connectivity index (χ0) is 90.0. The minimum absolute atomic E-state index is 0.0389. The van der Waals surface area contributed by atoms with Crippen LogP contribution in [0.4, 0.5) is 0 Å². The van der Waals surface area contributed by atoms with E-state index in [1.807, 2.05) is 26.0 Å². The van der Waals surface area contributed by atoms with Crippen molar-refractivity contribution in [1.82, 2.24) is 0 Å². The van der Waals surface area contributed by atoms with E-state index >= 15 is 0 Å². The van der Waals surface area contributed by atoms with E-state index in [2.05, 4.69) is 58.9 Å². The molecular formula is C87H136O29Si3. The molecule has 7 atom stereocenters. The highest BCUT2D eigenvalue weighted by atomic mass is 28.3. The van der Waals surface area contributed by atoms with Crippen molar-refractivity contribution in [3.8, 4) is 34.5 Å². The highest BCUT2D eigenvalue weighted by molar-refractivity contribution is 6.76. The zero-order valence-electron chi connectivity index (χ0n) is 76.0. The molecule has 0 spiro atoms. The summed E-state index contributed by atoms with van der Waals surface area (Å²) in [7, 11) is 4.72. The molecule has 3 saturated heterocycles. The van der Waals surface area contributed by atoms with E-state index in [-0.39, 0.29) is 94.1 Å². The molecular weight excluding hydrogens is 1590 g/mol. The molecule has 3 heterocycles. The van der Waals surface area contributed by atoms with Crippen LogP contribution in [0.15, 0.2) is 54.6 Å². The minimum Gasteiger partial charge on any atom is -0.497 e. The van der Waals surface area contributed by atoms with Gasteiger partial charge in [0.2, 0.25) is 0 Å². The number of hydrogen-bond acceptors (Lipinski definition) is 29. The van der Waals surface area contributed by atoms with E-state index in [1.165, 1.54) is 53.8 Å². The van der Waals surface area contributed by atoms with Crippen molar-refractivity contribution in [1.29, 1.82) is 0 Å². The molecule has 0 aromatic heterocycles. The van der Waals surface area contributed by atoms with E-state index in [4.69, 9.17) is 99.5 Å². The molecule has 0 radical (unpaired) electrons. The summed E-state index contributed by atoms with van der Waals surface area (Å²) < 4.78 is 117. The van der Waals surface area contributed by atoms with Crippen LogP contribution in [-0.4, -0.2) is 234 Å². The van der Waals surface area contributed by atoms with Gasteiger partial charge in [-0.05, 0) is 169 Å². The fraction of sp³-hybridized carbons (Fsp3) is 0.644. The van der Waals surface area contributed by atoms with Crippen LogP contribution in [0.2, 0.25) is 77.1 Å². The molecule has 0 saturated carbocycles. The largest absolute Gasteiger partial charge is 0.497 e. The van der Waals surface area contributed by atoms with Crippen molar-refractivity contribution in [2.24, 2.45) is 16.2 Å². The van der Waals surface area contributed by atoms with Gasteiger partial charge in [0.1, 0.15) is 102 Å². The third-order valence-corrected chi connectivity index (χ3v) is 22.8. The number of methoxy groups -OCH3 is 6. The molecule has 6 rings (SSSR count). The van der Waals surface area contributed by atoms with Crippen molar-refractivity contribution < 1.29 is 138 Å². The maximum Gasteiger partial charge on any atom is 0.342 e. The second kappa shape index (κ2) is 45.5. The lowest BCUT2D eigenvalue weighted by atomic mass is 9.97. The number of aliphatic hydroxyl groups is 1. The molecule has 0 bridgehead atoms. The summed E-state index contributed by atoms with van der Waals surface area (Å²) in [6.45, 7) is 46.7. The fourth-order valence-corrected chi connectivity index (χ4v) is 13.4. The van der Waals surface area contributed by atoms with Gasteiger partial charge >= 0.3 is 35.8 Å². The van der Waals surface area contributed by atoms with Crippen LogP contribution in [0.1, 0.15) is 158 Å². The molecule has 3 fully saturated rings.